The van der Waals surface area contributed by atoms with Gasteiger partial charge in [0, 0.05) is 83.8 Å². The van der Waals surface area contributed by atoms with Gasteiger partial charge in [-0.1, -0.05) is 51.8 Å². The van der Waals surface area contributed by atoms with E-state index in [-0.39, 0.29) is 11.3 Å². The third-order valence-corrected chi connectivity index (χ3v) is 13.3. The molecule has 11 nitrogen and oxygen atoms in total. The van der Waals surface area contributed by atoms with E-state index in [1.54, 1.807) is 12.1 Å². The number of aromatic carboxylic acids is 1. The number of benzene rings is 3. The number of carboxylic acids is 2. The van der Waals surface area contributed by atoms with Crippen LogP contribution in [0, 0.1) is 6.92 Å². The van der Waals surface area contributed by atoms with E-state index in [2.05, 4.69) is 89.7 Å². The molecule has 2 fully saturated rings. The van der Waals surface area contributed by atoms with Gasteiger partial charge in [-0.2, -0.15) is 0 Å². The highest BCUT2D eigenvalue weighted by molar-refractivity contribution is 9.10. The van der Waals surface area contributed by atoms with Crippen LogP contribution >= 0.6 is 27.7 Å². The second-order valence-electron chi connectivity index (χ2n) is 16.0. The van der Waals surface area contributed by atoms with Crippen molar-refractivity contribution in [2.24, 2.45) is 0 Å². The maximum absolute atomic E-state index is 11.5. The lowest BCUT2D eigenvalue weighted by molar-refractivity contribution is -0.133. The first-order valence-electron chi connectivity index (χ1n) is 21.9. The molecule has 2 aromatic heterocycles. The molecule has 13 heteroatoms. The second-order valence-corrected chi connectivity index (χ2v) is 18.0. The predicted octanol–water partition coefficient (Wildman–Crippen LogP) is 9.38. The monoisotopic (exact) mass is 918 g/mol. The van der Waals surface area contributed by atoms with Crippen LogP contribution in [0.15, 0.2) is 77.5 Å². The number of para-hydroxylation sites is 1. The quantitative estimate of drug-likeness (QED) is 0.0732. The van der Waals surface area contributed by atoms with Crippen LogP contribution in [0.1, 0.15) is 78.4 Å². The Kier molecular flexibility index (Phi) is 18.0. The van der Waals surface area contributed by atoms with Gasteiger partial charge >= 0.3 is 11.9 Å². The maximum atomic E-state index is 11.5. The minimum absolute atomic E-state index is 0.206. The van der Waals surface area contributed by atoms with Gasteiger partial charge in [0.1, 0.15) is 17.9 Å². The topological polar surface area (TPSA) is 119 Å². The number of fused-ring (bicyclic) bond motifs is 2. The molecule has 0 amide bonds. The molecule has 7 rings (SSSR count). The number of nitrogens with zero attached hydrogens (tertiary/aromatic N) is 4. The van der Waals surface area contributed by atoms with Gasteiger partial charge in [-0.15, -0.1) is 11.8 Å². The molecule has 330 valence electrons. The zero-order valence-electron chi connectivity index (χ0n) is 36.0. The number of piperidine rings is 2. The Labute approximate surface area is 373 Å². The average molecular weight is 920 g/mol. The number of aryl methyl sites for hydroxylation is 1. The Morgan fingerprint density at radius 2 is 1.31 bits per heavy atom. The molecular weight excluding hydrogens is 857 g/mol. The lowest BCUT2D eigenvalue weighted by Crippen LogP contribution is -2.35. The van der Waals surface area contributed by atoms with Gasteiger partial charge in [-0.25, -0.2) is 4.79 Å². The SMILES string of the molecule is CCOCCn1cc(C2CCN(CCOc3ccc(C)cc3C(=O)O)CC2)c2ccc(Br)cc21.CCOCCn1cc(C2CCN(CCSCC(=O)O)CC2)c2ccccc21. The average Bonchev–Trinajstić information content (AvgIpc) is 3.81. The number of aromatic nitrogens is 2. The summed E-state index contributed by atoms with van der Waals surface area (Å²) in [5.41, 5.74) is 6.61. The van der Waals surface area contributed by atoms with Crippen LogP contribution in [0.25, 0.3) is 21.8 Å². The summed E-state index contributed by atoms with van der Waals surface area (Å²) in [5.74, 6) is 1.01. The normalized spacial score (nSPS) is 15.6. The lowest BCUT2D eigenvalue weighted by Gasteiger charge is -2.31. The van der Waals surface area contributed by atoms with Crippen LogP contribution in [0.2, 0.25) is 0 Å². The van der Waals surface area contributed by atoms with Crippen LogP contribution in [-0.4, -0.2) is 125 Å². The summed E-state index contributed by atoms with van der Waals surface area (Å²) in [6.07, 6.45) is 9.21. The van der Waals surface area contributed by atoms with Crippen molar-refractivity contribution in [3.05, 3.63) is 99.8 Å². The van der Waals surface area contributed by atoms with Crippen molar-refractivity contribution in [1.82, 2.24) is 18.9 Å². The van der Waals surface area contributed by atoms with Crippen molar-refractivity contribution in [2.75, 3.05) is 83.8 Å². The first-order chi connectivity index (χ1) is 29.6. The van der Waals surface area contributed by atoms with Crippen molar-refractivity contribution >= 4 is 61.4 Å². The van der Waals surface area contributed by atoms with Crippen molar-refractivity contribution in [3.63, 3.8) is 0 Å². The Bertz CT molecular complexity index is 2170. The van der Waals surface area contributed by atoms with Crippen LogP contribution in [-0.2, 0) is 27.4 Å². The third kappa shape index (κ3) is 13.1. The molecule has 4 heterocycles. The molecule has 3 aromatic carbocycles. The molecule has 0 radical (unpaired) electrons. The summed E-state index contributed by atoms with van der Waals surface area (Å²) >= 11 is 5.13. The summed E-state index contributed by atoms with van der Waals surface area (Å²) in [6.45, 7) is 17.1. The van der Waals surface area contributed by atoms with Gasteiger partial charge in [0.05, 0.1) is 19.0 Å². The van der Waals surface area contributed by atoms with Crippen molar-refractivity contribution in [1.29, 1.82) is 0 Å². The fourth-order valence-corrected chi connectivity index (χ4v) is 9.77. The third-order valence-electron chi connectivity index (χ3n) is 11.9. The van der Waals surface area contributed by atoms with Crippen LogP contribution < -0.4 is 4.74 Å². The molecule has 0 saturated carbocycles. The summed E-state index contributed by atoms with van der Waals surface area (Å²) in [6, 6.07) is 20.6. The number of hydrogen-bond donors (Lipinski definition) is 2. The Morgan fingerprint density at radius 1 is 0.721 bits per heavy atom. The van der Waals surface area contributed by atoms with Gasteiger partial charge in [0.2, 0.25) is 0 Å². The number of likely N-dealkylation sites (tertiary alicyclic amines) is 2. The van der Waals surface area contributed by atoms with E-state index in [1.165, 1.54) is 57.5 Å². The van der Waals surface area contributed by atoms with Crippen LogP contribution in [0.5, 0.6) is 5.75 Å². The smallest absolute Gasteiger partial charge is 0.339 e. The molecule has 2 N–H and O–H groups in total. The fraction of sp³-hybridized carbons (Fsp3) is 0.500. The lowest BCUT2D eigenvalue weighted by atomic mass is 9.89. The minimum Gasteiger partial charge on any atom is -0.491 e. The van der Waals surface area contributed by atoms with E-state index in [0.717, 1.165) is 107 Å². The summed E-state index contributed by atoms with van der Waals surface area (Å²) in [5, 5.41) is 20.9. The summed E-state index contributed by atoms with van der Waals surface area (Å²) in [4.78, 5) is 27.0. The van der Waals surface area contributed by atoms with Crippen molar-refractivity contribution < 1.29 is 34.0 Å². The number of aliphatic carboxylic acids is 1. The van der Waals surface area contributed by atoms with Gasteiger partial charge in [-0.05, 0) is 126 Å². The van der Waals surface area contributed by atoms with E-state index in [4.69, 9.17) is 19.3 Å². The number of carbonyl (C=O) groups is 2. The van der Waals surface area contributed by atoms with Gasteiger partial charge in [0.25, 0.3) is 0 Å². The Morgan fingerprint density at radius 3 is 1.92 bits per heavy atom. The molecule has 5 aromatic rings. The van der Waals surface area contributed by atoms with Crippen LogP contribution in [0.4, 0.5) is 0 Å². The molecule has 2 aliphatic rings. The zero-order chi connectivity index (χ0) is 43.1. The number of thioether (sulfide) groups is 1. The molecule has 2 saturated heterocycles. The number of carboxylic acid groups (broad SMARTS) is 2. The van der Waals surface area contributed by atoms with Crippen molar-refractivity contribution in [2.45, 2.75) is 71.4 Å². The zero-order valence-corrected chi connectivity index (χ0v) is 38.4. The molecule has 0 unspecified atom stereocenters. The molecule has 0 aliphatic carbocycles. The van der Waals surface area contributed by atoms with Gasteiger partial charge in [-0.3, -0.25) is 9.69 Å². The highest BCUT2D eigenvalue weighted by Crippen LogP contribution is 2.37. The first-order valence-corrected chi connectivity index (χ1v) is 23.8. The van der Waals surface area contributed by atoms with E-state index in [1.807, 2.05) is 26.8 Å². The van der Waals surface area contributed by atoms with E-state index < -0.39 is 11.9 Å². The first kappa shape index (κ1) is 46.6. The van der Waals surface area contributed by atoms with Crippen LogP contribution in [0.3, 0.4) is 0 Å². The molecule has 0 spiro atoms. The minimum atomic E-state index is -0.952. The highest BCUT2D eigenvalue weighted by atomic mass is 79.9. The predicted molar refractivity (Wildman–Crippen MR) is 250 cm³/mol. The number of hydrogen-bond acceptors (Lipinski definition) is 8. The van der Waals surface area contributed by atoms with E-state index >= 15 is 0 Å². The molecule has 0 atom stereocenters. The fourth-order valence-electron chi connectivity index (χ4n) is 8.71. The van der Waals surface area contributed by atoms with E-state index in [9.17, 15) is 14.7 Å². The molecular formula is C48H63BrN4O7S. The van der Waals surface area contributed by atoms with E-state index in [0.29, 0.717) is 24.2 Å². The molecule has 2 aliphatic heterocycles. The summed E-state index contributed by atoms with van der Waals surface area (Å²) < 4.78 is 22.8. The van der Waals surface area contributed by atoms with Crippen molar-refractivity contribution in [3.8, 4) is 5.75 Å². The standard InChI is InChI=1S/C27H33BrN2O4.C21H30N2O3S/c1-3-33-14-13-30-18-24(22-6-5-21(28)17-25(22)30)20-8-10-29(11-9-20)12-15-34-26-7-4-19(2)16-23(26)27(31)32;1-2-26-13-11-23-15-19(18-5-3-4-6-20(18)23)17-7-9-22(10-8-17)12-14-27-16-21(24)25/h4-7,16-18,20H,3,8-15H2,1-2H3,(H,31,32);3-6,15,17H,2,7-14,16H2,1H3,(H,24,25). The Balaban J connectivity index is 0.000000210. The largest absolute Gasteiger partial charge is 0.491 e. The summed E-state index contributed by atoms with van der Waals surface area (Å²) in [7, 11) is 0. The molecule has 61 heavy (non-hydrogen) atoms. The number of rotatable bonds is 20. The Hall–Kier alpha value is -3.85. The van der Waals surface area contributed by atoms with Gasteiger partial charge in [0.15, 0.2) is 0 Å². The van der Waals surface area contributed by atoms with Gasteiger partial charge < -0.3 is 38.5 Å². The number of ether oxygens (including phenoxy) is 3. The second kappa shape index (κ2) is 23.6. The highest BCUT2D eigenvalue weighted by Gasteiger charge is 2.25. The maximum Gasteiger partial charge on any atom is 0.339 e. The molecule has 0 bridgehead atoms. The number of halogens is 1.